The SMILES string of the molecule is C=CCn1c(COc2ccc(C)cc2OC)nnc1SCc1ccc(C)cc1. The molecule has 1 aromatic heterocycles. The van der Waals surface area contributed by atoms with E-state index < -0.39 is 0 Å². The summed E-state index contributed by atoms with van der Waals surface area (Å²) in [5.74, 6) is 3.00. The molecule has 146 valence electrons. The van der Waals surface area contributed by atoms with Crippen molar-refractivity contribution in [2.75, 3.05) is 7.11 Å². The van der Waals surface area contributed by atoms with Crippen LogP contribution in [0.5, 0.6) is 11.5 Å². The lowest BCUT2D eigenvalue weighted by atomic mass is 10.2. The minimum atomic E-state index is 0.311. The van der Waals surface area contributed by atoms with Crippen LogP contribution in [-0.2, 0) is 18.9 Å². The second kappa shape index (κ2) is 9.46. The molecule has 0 fully saturated rings. The van der Waals surface area contributed by atoms with Gasteiger partial charge in [-0.05, 0) is 37.1 Å². The van der Waals surface area contributed by atoms with Gasteiger partial charge in [-0.3, -0.25) is 4.57 Å². The Morgan fingerprint density at radius 3 is 2.50 bits per heavy atom. The van der Waals surface area contributed by atoms with Crippen molar-refractivity contribution in [3.63, 3.8) is 0 Å². The van der Waals surface area contributed by atoms with Gasteiger partial charge >= 0.3 is 0 Å². The zero-order valence-corrected chi connectivity index (χ0v) is 17.3. The Morgan fingerprint density at radius 1 is 1.04 bits per heavy atom. The van der Waals surface area contributed by atoms with Gasteiger partial charge in [0.05, 0.1) is 7.11 Å². The Labute approximate surface area is 170 Å². The first-order valence-electron chi connectivity index (χ1n) is 9.09. The molecule has 0 saturated carbocycles. The number of hydrogen-bond acceptors (Lipinski definition) is 5. The molecule has 6 heteroatoms. The zero-order chi connectivity index (χ0) is 19.9. The second-order valence-electron chi connectivity index (χ2n) is 6.52. The third-order valence-electron chi connectivity index (χ3n) is 4.27. The molecule has 0 spiro atoms. The number of aryl methyl sites for hydroxylation is 2. The number of benzene rings is 2. The lowest BCUT2D eigenvalue weighted by Crippen LogP contribution is -2.08. The van der Waals surface area contributed by atoms with E-state index in [9.17, 15) is 0 Å². The van der Waals surface area contributed by atoms with Crippen LogP contribution in [0.1, 0.15) is 22.5 Å². The Hall–Kier alpha value is -2.73. The molecule has 28 heavy (non-hydrogen) atoms. The van der Waals surface area contributed by atoms with E-state index in [0.29, 0.717) is 24.7 Å². The van der Waals surface area contributed by atoms with Crippen molar-refractivity contribution in [3.05, 3.63) is 77.6 Å². The average Bonchev–Trinajstić information content (AvgIpc) is 3.08. The number of methoxy groups -OCH3 is 1. The molecule has 0 N–H and O–H groups in total. The standard InChI is InChI=1S/C22H25N3O2S/c1-5-12-25-21(14-27-19-11-8-17(3)13-20(19)26-4)23-24-22(25)28-15-18-9-6-16(2)7-10-18/h5-11,13H,1,12,14-15H2,2-4H3. The molecule has 0 unspecified atom stereocenters. The third-order valence-corrected chi connectivity index (χ3v) is 5.31. The van der Waals surface area contributed by atoms with E-state index in [4.69, 9.17) is 9.47 Å². The minimum absolute atomic E-state index is 0.311. The number of nitrogens with zero attached hydrogens (tertiary/aromatic N) is 3. The normalized spacial score (nSPS) is 10.7. The summed E-state index contributed by atoms with van der Waals surface area (Å²) in [6.07, 6.45) is 1.84. The first kappa shape index (κ1) is 20.0. The molecular formula is C22H25N3O2S. The maximum absolute atomic E-state index is 5.95. The summed E-state index contributed by atoms with van der Waals surface area (Å²) < 4.78 is 13.4. The number of aromatic nitrogens is 3. The number of ether oxygens (including phenoxy) is 2. The highest BCUT2D eigenvalue weighted by Gasteiger charge is 2.14. The first-order valence-corrected chi connectivity index (χ1v) is 10.1. The topological polar surface area (TPSA) is 49.2 Å². The summed E-state index contributed by atoms with van der Waals surface area (Å²) in [5, 5.41) is 9.54. The lowest BCUT2D eigenvalue weighted by Gasteiger charge is -2.12. The molecule has 0 atom stereocenters. The summed E-state index contributed by atoms with van der Waals surface area (Å²) in [6, 6.07) is 14.4. The first-order chi connectivity index (χ1) is 13.6. The summed E-state index contributed by atoms with van der Waals surface area (Å²) in [5.41, 5.74) is 3.63. The highest BCUT2D eigenvalue weighted by molar-refractivity contribution is 7.98. The molecule has 1 heterocycles. The van der Waals surface area contributed by atoms with Crippen molar-refractivity contribution < 1.29 is 9.47 Å². The number of thioether (sulfide) groups is 1. The fraction of sp³-hybridized carbons (Fsp3) is 0.273. The van der Waals surface area contributed by atoms with Gasteiger partial charge in [-0.15, -0.1) is 16.8 Å². The van der Waals surface area contributed by atoms with E-state index in [1.165, 1.54) is 11.1 Å². The Kier molecular flexibility index (Phi) is 6.76. The molecule has 0 bridgehead atoms. The van der Waals surface area contributed by atoms with Crippen LogP contribution in [0, 0.1) is 13.8 Å². The van der Waals surface area contributed by atoms with Crippen LogP contribution < -0.4 is 9.47 Å². The van der Waals surface area contributed by atoms with E-state index in [0.717, 1.165) is 22.3 Å². The molecule has 0 aliphatic rings. The van der Waals surface area contributed by atoms with Crippen molar-refractivity contribution in [1.29, 1.82) is 0 Å². The highest BCUT2D eigenvalue weighted by atomic mass is 32.2. The van der Waals surface area contributed by atoms with E-state index in [-0.39, 0.29) is 0 Å². The fourth-order valence-electron chi connectivity index (χ4n) is 2.71. The largest absolute Gasteiger partial charge is 0.493 e. The van der Waals surface area contributed by atoms with Crippen LogP contribution in [0.3, 0.4) is 0 Å². The van der Waals surface area contributed by atoms with E-state index in [1.54, 1.807) is 18.9 Å². The third kappa shape index (κ3) is 4.95. The van der Waals surface area contributed by atoms with Crippen molar-refractivity contribution in [1.82, 2.24) is 14.8 Å². The summed E-state index contributed by atoms with van der Waals surface area (Å²) in [4.78, 5) is 0. The minimum Gasteiger partial charge on any atom is -0.493 e. The quantitative estimate of drug-likeness (QED) is 0.378. The number of rotatable bonds is 9. The fourth-order valence-corrected chi connectivity index (χ4v) is 3.64. The van der Waals surface area contributed by atoms with Crippen molar-refractivity contribution >= 4 is 11.8 Å². The van der Waals surface area contributed by atoms with Gasteiger partial charge in [0.1, 0.15) is 6.61 Å². The van der Waals surface area contributed by atoms with Crippen molar-refractivity contribution in [3.8, 4) is 11.5 Å². The van der Waals surface area contributed by atoms with Gasteiger partial charge in [0, 0.05) is 12.3 Å². The van der Waals surface area contributed by atoms with Gasteiger partial charge in [-0.2, -0.15) is 0 Å². The van der Waals surface area contributed by atoms with E-state index >= 15 is 0 Å². The van der Waals surface area contributed by atoms with Gasteiger partial charge < -0.3 is 9.47 Å². The molecule has 0 aliphatic heterocycles. The second-order valence-corrected chi connectivity index (χ2v) is 7.46. The highest BCUT2D eigenvalue weighted by Crippen LogP contribution is 2.29. The maximum atomic E-state index is 5.95. The Morgan fingerprint density at radius 2 is 1.79 bits per heavy atom. The predicted octanol–water partition coefficient (Wildman–Crippen LogP) is 4.96. The molecule has 0 radical (unpaired) electrons. The maximum Gasteiger partial charge on any atom is 0.191 e. The van der Waals surface area contributed by atoms with Crippen LogP contribution in [0.25, 0.3) is 0 Å². The van der Waals surface area contributed by atoms with Crippen LogP contribution in [0.2, 0.25) is 0 Å². The van der Waals surface area contributed by atoms with Crippen LogP contribution >= 0.6 is 11.8 Å². The monoisotopic (exact) mass is 395 g/mol. The van der Waals surface area contributed by atoms with Gasteiger partial charge in [0.2, 0.25) is 0 Å². The van der Waals surface area contributed by atoms with Gasteiger partial charge in [0.15, 0.2) is 22.5 Å². The smallest absolute Gasteiger partial charge is 0.191 e. The molecule has 0 amide bonds. The lowest BCUT2D eigenvalue weighted by molar-refractivity contribution is 0.271. The summed E-state index contributed by atoms with van der Waals surface area (Å²) in [6.45, 7) is 8.91. The van der Waals surface area contributed by atoms with Crippen LogP contribution in [0.4, 0.5) is 0 Å². The van der Waals surface area contributed by atoms with Crippen molar-refractivity contribution in [2.24, 2.45) is 0 Å². The average molecular weight is 396 g/mol. The van der Waals surface area contributed by atoms with Gasteiger partial charge in [0.25, 0.3) is 0 Å². The Bertz CT molecular complexity index is 935. The number of allylic oxidation sites excluding steroid dienone is 1. The van der Waals surface area contributed by atoms with Gasteiger partial charge in [-0.1, -0.05) is 53.7 Å². The molecule has 5 nitrogen and oxygen atoms in total. The van der Waals surface area contributed by atoms with Crippen molar-refractivity contribution in [2.45, 2.75) is 37.9 Å². The molecule has 0 saturated heterocycles. The summed E-state index contributed by atoms with van der Waals surface area (Å²) >= 11 is 1.66. The number of hydrogen-bond donors (Lipinski definition) is 0. The predicted molar refractivity (Wildman–Crippen MR) is 113 cm³/mol. The summed E-state index contributed by atoms with van der Waals surface area (Å²) in [7, 11) is 1.64. The van der Waals surface area contributed by atoms with Gasteiger partial charge in [-0.25, -0.2) is 0 Å². The van der Waals surface area contributed by atoms with Crippen LogP contribution in [0.15, 0.2) is 60.3 Å². The van der Waals surface area contributed by atoms with E-state index in [2.05, 4.69) is 48.0 Å². The van der Waals surface area contributed by atoms with Crippen LogP contribution in [-0.4, -0.2) is 21.9 Å². The molecular weight excluding hydrogens is 370 g/mol. The molecule has 2 aromatic carbocycles. The molecule has 3 aromatic rings. The molecule has 3 rings (SSSR count). The molecule has 0 aliphatic carbocycles. The zero-order valence-electron chi connectivity index (χ0n) is 16.5. The Balaban J connectivity index is 1.71. The van der Waals surface area contributed by atoms with E-state index in [1.807, 2.05) is 35.8 Å².